The number of furan rings is 2. The van der Waals surface area contributed by atoms with Gasteiger partial charge in [0.05, 0.1) is 39.2 Å². The fourth-order valence-corrected chi connectivity index (χ4v) is 11.5. The van der Waals surface area contributed by atoms with Gasteiger partial charge in [0.25, 0.3) is 6.71 Å². The highest BCUT2D eigenvalue weighted by molar-refractivity contribution is 7.01. The first-order chi connectivity index (χ1) is 33.8. The molecule has 0 saturated carbocycles. The van der Waals surface area contributed by atoms with E-state index in [1.165, 1.54) is 27.5 Å². The van der Waals surface area contributed by atoms with Crippen LogP contribution in [0.5, 0.6) is 11.5 Å². The molecule has 0 aliphatic carbocycles. The molecule has 0 atom stereocenters. The van der Waals surface area contributed by atoms with Gasteiger partial charge in [-0.15, -0.1) is 0 Å². The molecule has 3 aliphatic rings. The zero-order valence-electron chi connectivity index (χ0n) is 39.1. The van der Waals surface area contributed by atoms with Gasteiger partial charge >= 0.3 is 0 Å². The van der Waals surface area contributed by atoms with Crippen LogP contribution in [0.4, 0.5) is 51.2 Å². The van der Waals surface area contributed by atoms with E-state index < -0.39 is 0 Å². The van der Waals surface area contributed by atoms with Gasteiger partial charge in [0.1, 0.15) is 22.3 Å². The van der Waals surface area contributed by atoms with Gasteiger partial charge < -0.3 is 28.3 Å². The summed E-state index contributed by atoms with van der Waals surface area (Å²) in [4.78, 5) is 7.46. The molecule has 0 unspecified atom stereocenters. The third kappa shape index (κ3) is 5.92. The molecule has 9 aromatic carbocycles. The fraction of sp³-hybridized carbons (Fsp3) is 0.129. The monoisotopic (exact) mass is 893 g/mol. The average molecular weight is 894 g/mol. The van der Waals surface area contributed by atoms with Gasteiger partial charge in [-0.05, 0) is 131 Å². The van der Waals surface area contributed by atoms with Crippen LogP contribution >= 0.6 is 0 Å². The Labute approximate surface area is 401 Å². The summed E-state index contributed by atoms with van der Waals surface area (Å²) >= 11 is 0. The van der Waals surface area contributed by atoms with E-state index in [1.54, 1.807) is 0 Å². The molecule has 0 amide bonds. The number of rotatable bonds is 6. The summed E-state index contributed by atoms with van der Waals surface area (Å²) in [6.45, 7) is 8.95. The predicted molar refractivity (Wildman–Crippen MR) is 287 cm³/mol. The van der Waals surface area contributed by atoms with Crippen molar-refractivity contribution in [1.29, 1.82) is 0 Å². The molecule has 5 heterocycles. The number of nitrogens with zero attached hydrogens (tertiary/aromatic N) is 3. The number of hydrogen-bond acceptors (Lipinski definition) is 6. The second-order valence-corrected chi connectivity index (χ2v) is 19.9. The number of fused-ring (bicyclic) bond motifs is 14. The Balaban J connectivity index is 1.15. The van der Waals surface area contributed by atoms with E-state index in [4.69, 9.17) is 13.6 Å². The summed E-state index contributed by atoms with van der Waals surface area (Å²) in [5.74, 6) is 1.62. The lowest BCUT2D eigenvalue weighted by Crippen LogP contribution is -2.61. The number of para-hydroxylation sites is 6. The zero-order chi connectivity index (χ0) is 46.1. The molecule has 0 N–H and O–H groups in total. The highest BCUT2D eigenvalue weighted by Crippen LogP contribution is 2.55. The number of unbranched alkanes of at least 4 members (excludes halogenated alkanes) is 1. The first kappa shape index (κ1) is 40.0. The fourth-order valence-electron chi connectivity index (χ4n) is 11.5. The molecule has 11 aromatic rings. The SMILES string of the molecule is CCCCc1ccc(N2c3cc(N4c5ccccc5Oc5ccccc54)cc4c3B(c3ccc5oc6ccccc6c5c32)c2ccc3oc5ccccc5c3c2N4c2ccc(C(C)(C)C)cc2)cc1. The number of aryl methyl sites for hydroxylation is 1. The maximum absolute atomic E-state index is 6.76. The highest BCUT2D eigenvalue weighted by atomic mass is 16.5. The molecule has 14 rings (SSSR count). The van der Waals surface area contributed by atoms with Crippen LogP contribution in [0.15, 0.2) is 191 Å². The Morgan fingerprint density at radius 2 is 0.957 bits per heavy atom. The van der Waals surface area contributed by atoms with Gasteiger partial charge in [0.15, 0.2) is 11.5 Å². The van der Waals surface area contributed by atoms with E-state index in [0.29, 0.717) is 0 Å². The second-order valence-electron chi connectivity index (χ2n) is 19.9. The lowest BCUT2D eigenvalue weighted by molar-refractivity contribution is 0.477. The van der Waals surface area contributed by atoms with Crippen molar-refractivity contribution in [3.8, 4) is 11.5 Å². The number of benzene rings is 9. The van der Waals surface area contributed by atoms with Crippen LogP contribution in [0.2, 0.25) is 0 Å². The molecule has 332 valence electrons. The van der Waals surface area contributed by atoms with Gasteiger partial charge in [-0.2, -0.15) is 0 Å². The summed E-state index contributed by atoms with van der Waals surface area (Å²) < 4.78 is 20.2. The Morgan fingerprint density at radius 1 is 0.464 bits per heavy atom. The van der Waals surface area contributed by atoms with Crippen LogP contribution in [0, 0.1) is 0 Å². The summed E-state index contributed by atoms with van der Waals surface area (Å²) in [7, 11) is 0. The third-order valence-electron chi connectivity index (χ3n) is 14.8. The van der Waals surface area contributed by atoms with Crippen molar-refractivity contribution >= 4 is 118 Å². The predicted octanol–water partition coefficient (Wildman–Crippen LogP) is 15.8. The molecular weight excluding hydrogens is 846 g/mol. The van der Waals surface area contributed by atoms with Crippen LogP contribution in [-0.2, 0) is 11.8 Å². The van der Waals surface area contributed by atoms with Crippen LogP contribution in [0.1, 0.15) is 51.7 Å². The van der Waals surface area contributed by atoms with Crippen LogP contribution in [0.25, 0.3) is 43.9 Å². The highest BCUT2D eigenvalue weighted by Gasteiger charge is 2.46. The lowest BCUT2D eigenvalue weighted by Gasteiger charge is -2.45. The third-order valence-corrected chi connectivity index (χ3v) is 14.8. The summed E-state index contributed by atoms with van der Waals surface area (Å²) in [6.07, 6.45) is 3.35. The van der Waals surface area contributed by atoms with Crippen molar-refractivity contribution in [3.63, 3.8) is 0 Å². The largest absolute Gasteiger partial charge is 0.456 e. The lowest BCUT2D eigenvalue weighted by atomic mass is 9.33. The van der Waals surface area contributed by atoms with Gasteiger partial charge in [-0.3, -0.25) is 0 Å². The number of anilines is 9. The van der Waals surface area contributed by atoms with Crippen molar-refractivity contribution in [2.75, 3.05) is 14.7 Å². The van der Waals surface area contributed by atoms with Crippen molar-refractivity contribution < 1.29 is 13.6 Å². The van der Waals surface area contributed by atoms with E-state index in [9.17, 15) is 0 Å². The first-order valence-electron chi connectivity index (χ1n) is 24.3. The summed E-state index contributed by atoms with van der Waals surface area (Å²) in [6, 6.07) is 66.2. The Kier molecular flexibility index (Phi) is 8.64. The topological polar surface area (TPSA) is 45.2 Å². The van der Waals surface area contributed by atoms with E-state index in [2.05, 4.69) is 224 Å². The molecule has 7 heteroatoms. The smallest absolute Gasteiger partial charge is 0.252 e. The molecule has 0 spiro atoms. The molecule has 0 saturated heterocycles. The normalized spacial score (nSPS) is 13.7. The van der Waals surface area contributed by atoms with Gasteiger partial charge in [0, 0.05) is 33.5 Å². The van der Waals surface area contributed by atoms with Crippen molar-refractivity contribution in [2.45, 2.75) is 52.4 Å². The van der Waals surface area contributed by atoms with Gasteiger partial charge in [-0.1, -0.05) is 131 Å². The number of hydrogen-bond donors (Lipinski definition) is 0. The molecule has 2 aromatic heterocycles. The Hall–Kier alpha value is -8.16. The van der Waals surface area contributed by atoms with E-state index in [1.807, 2.05) is 0 Å². The minimum absolute atomic E-state index is 0.0213. The minimum Gasteiger partial charge on any atom is -0.456 e. The molecule has 0 fully saturated rings. The van der Waals surface area contributed by atoms with Gasteiger partial charge in [0.2, 0.25) is 0 Å². The zero-order valence-corrected chi connectivity index (χ0v) is 39.1. The average Bonchev–Trinajstić information content (AvgIpc) is 3.96. The van der Waals surface area contributed by atoms with E-state index >= 15 is 0 Å². The quantitative estimate of drug-likeness (QED) is 0.155. The second kappa shape index (κ2) is 14.9. The van der Waals surface area contributed by atoms with Gasteiger partial charge in [-0.25, -0.2) is 0 Å². The summed E-state index contributed by atoms with van der Waals surface area (Å²) in [5.41, 5.74) is 19.4. The van der Waals surface area contributed by atoms with Crippen LogP contribution in [0.3, 0.4) is 0 Å². The minimum atomic E-state index is -0.153. The maximum Gasteiger partial charge on any atom is 0.252 e. The van der Waals surface area contributed by atoms with Crippen molar-refractivity contribution in [3.05, 3.63) is 193 Å². The van der Waals surface area contributed by atoms with Crippen LogP contribution in [-0.4, -0.2) is 6.71 Å². The van der Waals surface area contributed by atoms with E-state index in [0.717, 1.165) is 126 Å². The molecule has 0 radical (unpaired) electrons. The standard InChI is InChI=1S/C62H48BN3O3/c1-5-6-15-38-24-28-40(29-25-38)65-49-36-42(64-47-18-9-13-22-53(47)69-54-23-14-10-19-48(54)64)37-50-59(49)63(45-32-34-55-57(60(45)65)43-16-7-11-20-51(43)67-55)46-33-35-56-58(44-17-8-12-21-52(44)68-56)61(46)66(50)41-30-26-39(27-31-41)62(2,3)4/h7-14,16-37H,5-6,15H2,1-4H3. The molecule has 0 bridgehead atoms. The van der Waals surface area contributed by atoms with Crippen LogP contribution < -0.4 is 35.8 Å². The first-order valence-corrected chi connectivity index (χ1v) is 24.3. The molecule has 6 nitrogen and oxygen atoms in total. The Morgan fingerprint density at radius 3 is 1.48 bits per heavy atom. The number of ether oxygens (including phenoxy) is 1. The summed E-state index contributed by atoms with van der Waals surface area (Å²) in [5, 5.41) is 4.39. The van der Waals surface area contributed by atoms with Crippen molar-refractivity contribution in [1.82, 2.24) is 0 Å². The maximum atomic E-state index is 6.76. The molecule has 69 heavy (non-hydrogen) atoms. The molecule has 3 aliphatic heterocycles. The Bertz CT molecular complexity index is 3840. The molecular formula is C62H48BN3O3. The van der Waals surface area contributed by atoms with Crippen molar-refractivity contribution in [2.24, 2.45) is 0 Å². The van der Waals surface area contributed by atoms with E-state index in [-0.39, 0.29) is 12.1 Å².